The van der Waals surface area contributed by atoms with Gasteiger partial charge in [0.05, 0.1) is 29.1 Å². The minimum atomic E-state index is -0.620. The summed E-state index contributed by atoms with van der Waals surface area (Å²) < 4.78 is 4.87. The van der Waals surface area contributed by atoms with Crippen molar-refractivity contribution in [3.8, 4) is 0 Å². The largest absolute Gasteiger partial charge is 0.465 e. The van der Waals surface area contributed by atoms with Crippen LogP contribution in [-0.4, -0.2) is 41.5 Å². The van der Waals surface area contributed by atoms with E-state index in [-0.39, 0.29) is 17.7 Å². The number of imide groups is 1. The summed E-state index contributed by atoms with van der Waals surface area (Å²) in [5.74, 6) is -1.65. The molecule has 0 saturated carbocycles. The average molecular weight is 412 g/mol. The summed E-state index contributed by atoms with van der Waals surface area (Å²) in [6.07, 6.45) is 0. The van der Waals surface area contributed by atoms with Crippen molar-refractivity contribution in [2.45, 2.75) is 6.92 Å². The molecule has 154 valence electrons. The Kier molecular flexibility index (Phi) is 5.71. The maximum absolute atomic E-state index is 12.8. The molecule has 0 aliphatic carbocycles. The monoisotopic (exact) mass is 412 g/mol. The number of fused-ring (bicyclic) bond motifs is 1. The highest BCUT2D eigenvalue weighted by Crippen LogP contribution is 2.28. The number of benzene rings is 3. The van der Waals surface area contributed by atoms with Gasteiger partial charge in [0.1, 0.15) is 6.54 Å². The minimum absolute atomic E-state index is 0.183. The Morgan fingerprint density at radius 2 is 1.42 bits per heavy atom. The third-order valence-corrected chi connectivity index (χ3v) is 4.88. The lowest BCUT2D eigenvalue weighted by Crippen LogP contribution is -2.35. The maximum atomic E-state index is 12.8. The first-order valence-corrected chi connectivity index (χ1v) is 9.94. The molecule has 0 fully saturated rings. The number of aliphatic imine (C=N–C) groups is 1. The molecule has 0 atom stereocenters. The molecule has 0 radical (unpaired) electrons. The molecular formula is C25H20N2O4. The summed E-state index contributed by atoms with van der Waals surface area (Å²) >= 11 is 0. The molecule has 1 heterocycles. The highest BCUT2D eigenvalue weighted by Gasteiger charge is 2.37. The van der Waals surface area contributed by atoms with Crippen LogP contribution in [0.1, 0.15) is 38.8 Å². The van der Waals surface area contributed by atoms with Crippen molar-refractivity contribution in [3.05, 3.63) is 101 Å². The van der Waals surface area contributed by atoms with Gasteiger partial charge in [-0.25, -0.2) is 4.99 Å². The first-order chi connectivity index (χ1) is 15.1. The number of rotatable bonds is 6. The van der Waals surface area contributed by atoms with Crippen molar-refractivity contribution < 1.29 is 19.1 Å². The van der Waals surface area contributed by atoms with E-state index in [4.69, 9.17) is 9.73 Å². The normalized spacial score (nSPS) is 12.5. The number of hydrogen-bond acceptors (Lipinski definition) is 5. The number of nitrogens with zero attached hydrogens (tertiary/aromatic N) is 2. The molecule has 0 N–H and O–H groups in total. The topological polar surface area (TPSA) is 76.0 Å². The van der Waals surface area contributed by atoms with Crippen molar-refractivity contribution in [3.63, 3.8) is 0 Å². The Hall–Kier alpha value is -4.06. The quantitative estimate of drug-likeness (QED) is 0.348. The average Bonchev–Trinajstić information content (AvgIpc) is 3.03. The zero-order chi connectivity index (χ0) is 21.8. The number of esters is 1. The molecule has 31 heavy (non-hydrogen) atoms. The van der Waals surface area contributed by atoms with Gasteiger partial charge in [-0.15, -0.1) is 0 Å². The van der Waals surface area contributed by atoms with Crippen molar-refractivity contribution in [1.29, 1.82) is 0 Å². The second kappa shape index (κ2) is 8.75. The zero-order valence-corrected chi connectivity index (χ0v) is 16.9. The number of carbonyl (C=O) groups excluding carboxylic acids is 3. The minimum Gasteiger partial charge on any atom is -0.465 e. The SMILES string of the molecule is CCOC(=O)CN1C(=O)c2ccc(N=C(c3ccccc3)c3ccccc3)cc2C1=O. The Balaban J connectivity index is 1.71. The number of hydrogen-bond donors (Lipinski definition) is 0. The van der Waals surface area contributed by atoms with E-state index in [1.807, 2.05) is 60.7 Å². The van der Waals surface area contributed by atoms with Crippen LogP contribution < -0.4 is 0 Å². The fraction of sp³-hybridized carbons (Fsp3) is 0.120. The van der Waals surface area contributed by atoms with Gasteiger partial charge < -0.3 is 4.74 Å². The molecule has 0 unspecified atom stereocenters. The number of carbonyl (C=O) groups is 3. The lowest BCUT2D eigenvalue weighted by molar-refractivity contribution is -0.143. The number of ether oxygens (including phenoxy) is 1. The number of amides is 2. The molecular weight excluding hydrogens is 392 g/mol. The molecule has 1 aliphatic heterocycles. The van der Waals surface area contributed by atoms with Crippen LogP contribution in [0.2, 0.25) is 0 Å². The summed E-state index contributed by atoms with van der Waals surface area (Å²) in [4.78, 5) is 42.8. The van der Waals surface area contributed by atoms with Crippen molar-refractivity contribution in [2.75, 3.05) is 13.2 Å². The summed E-state index contributed by atoms with van der Waals surface area (Å²) in [7, 11) is 0. The fourth-order valence-corrected chi connectivity index (χ4v) is 3.44. The van der Waals surface area contributed by atoms with Crippen LogP contribution in [-0.2, 0) is 9.53 Å². The molecule has 2 amide bonds. The summed E-state index contributed by atoms with van der Waals surface area (Å²) in [6.45, 7) is 1.45. The molecule has 1 aliphatic rings. The molecule has 6 heteroatoms. The van der Waals surface area contributed by atoms with Gasteiger partial charge in [-0.3, -0.25) is 19.3 Å². The molecule has 0 saturated heterocycles. The second-order valence-electron chi connectivity index (χ2n) is 6.92. The van der Waals surface area contributed by atoms with E-state index >= 15 is 0 Å². The standard InChI is InChI=1S/C25H20N2O4/c1-2-31-22(28)16-27-24(29)20-14-13-19(15-21(20)25(27)30)26-23(17-9-5-3-6-10-17)18-11-7-4-8-12-18/h3-15H,2,16H2,1H3. The van der Waals surface area contributed by atoms with E-state index in [2.05, 4.69) is 0 Å². The zero-order valence-electron chi connectivity index (χ0n) is 16.9. The summed E-state index contributed by atoms with van der Waals surface area (Å²) in [5, 5.41) is 0. The lowest BCUT2D eigenvalue weighted by atomic mass is 10.0. The fourth-order valence-electron chi connectivity index (χ4n) is 3.44. The van der Waals surface area contributed by atoms with Gasteiger partial charge in [-0.05, 0) is 25.1 Å². The molecule has 3 aromatic carbocycles. The molecule has 0 aromatic heterocycles. The molecule has 0 bridgehead atoms. The first kappa shape index (κ1) is 20.2. The van der Waals surface area contributed by atoms with E-state index in [9.17, 15) is 14.4 Å². The van der Waals surface area contributed by atoms with Gasteiger partial charge in [0.2, 0.25) is 0 Å². The van der Waals surface area contributed by atoms with Crippen molar-refractivity contribution in [1.82, 2.24) is 4.90 Å². The van der Waals surface area contributed by atoms with Crippen molar-refractivity contribution >= 4 is 29.2 Å². The van der Waals surface area contributed by atoms with Gasteiger partial charge >= 0.3 is 5.97 Å². The van der Waals surface area contributed by atoms with Crippen LogP contribution in [0.3, 0.4) is 0 Å². The lowest BCUT2D eigenvalue weighted by Gasteiger charge is -2.12. The van der Waals surface area contributed by atoms with Crippen LogP contribution in [0.15, 0.2) is 83.9 Å². The third kappa shape index (κ3) is 4.14. The van der Waals surface area contributed by atoms with Crippen LogP contribution in [0, 0.1) is 0 Å². The van der Waals surface area contributed by atoms with Crippen LogP contribution in [0.25, 0.3) is 0 Å². The second-order valence-corrected chi connectivity index (χ2v) is 6.92. The van der Waals surface area contributed by atoms with E-state index in [1.165, 1.54) is 0 Å². The smallest absolute Gasteiger partial charge is 0.326 e. The maximum Gasteiger partial charge on any atom is 0.326 e. The Labute approximate surface area is 179 Å². The predicted molar refractivity (Wildman–Crippen MR) is 117 cm³/mol. The van der Waals surface area contributed by atoms with Gasteiger partial charge in [-0.1, -0.05) is 60.7 Å². The first-order valence-electron chi connectivity index (χ1n) is 9.94. The molecule has 3 aromatic rings. The van der Waals surface area contributed by atoms with E-state index in [1.54, 1.807) is 25.1 Å². The predicted octanol–water partition coefficient (Wildman–Crippen LogP) is 4.01. The van der Waals surface area contributed by atoms with Gasteiger partial charge in [-0.2, -0.15) is 0 Å². The van der Waals surface area contributed by atoms with Gasteiger partial charge in [0, 0.05) is 11.1 Å². The Bertz CT molecular complexity index is 1130. The van der Waals surface area contributed by atoms with Gasteiger partial charge in [0.25, 0.3) is 11.8 Å². The summed E-state index contributed by atoms with van der Waals surface area (Å²) in [6, 6.07) is 24.3. The Morgan fingerprint density at radius 1 is 0.839 bits per heavy atom. The van der Waals surface area contributed by atoms with E-state index < -0.39 is 24.3 Å². The Morgan fingerprint density at radius 3 is 2.00 bits per heavy atom. The van der Waals surface area contributed by atoms with Crippen molar-refractivity contribution in [2.24, 2.45) is 4.99 Å². The van der Waals surface area contributed by atoms with E-state index in [0.717, 1.165) is 21.7 Å². The van der Waals surface area contributed by atoms with Gasteiger partial charge in [0.15, 0.2) is 0 Å². The van der Waals surface area contributed by atoms with Crippen LogP contribution >= 0.6 is 0 Å². The molecule has 6 nitrogen and oxygen atoms in total. The van der Waals surface area contributed by atoms with Crippen LogP contribution in [0.5, 0.6) is 0 Å². The highest BCUT2D eigenvalue weighted by atomic mass is 16.5. The molecule has 0 spiro atoms. The summed E-state index contributed by atoms with van der Waals surface area (Å²) in [5.41, 5.74) is 3.65. The van der Waals surface area contributed by atoms with Crippen LogP contribution in [0.4, 0.5) is 5.69 Å². The third-order valence-electron chi connectivity index (χ3n) is 4.88. The molecule has 4 rings (SSSR count). The highest BCUT2D eigenvalue weighted by molar-refractivity contribution is 6.22. The van der Waals surface area contributed by atoms with E-state index in [0.29, 0.717) is 5.69 Å².